The Bertz CT molecular complexity index is 551. The summed E-state index contributed by atoms with van der Waals surface area (Å²) in [5, 5.41) is 0. The molecule has 1 aliphatic rings. The molecule has 4 nitrogen and oxygen atoms in total. The molecular weight excluding hydrogens is 265 g/mol. The molecule has 0 spiro atoms. The molecule has 21 heavy (non-hydrogen) atoms. The molecule has 1 aromatic heterocycles. The molecule has 0 N–H and O–H groups in total. The van der Waals surface area contributed by atoms with Crippen LogP contribution in [0.4, 0.5) is 0 Å². The predicted octanol–water partition coefficient (Wildman–Crippen LogP) is 2.78. The number of rotatable bonds is 1. The van der Waals surface area contributed by atoms with Crippen molar-refractivity contribution < 1.29 is 14.1 Å². The van der Waals surface area contributed by atoms with Gasteiger partial charge in [0.15, 0.2) is 0 Å². The highest BCUT2D eigenvalue weighted by atomic mass is 16.7. The minimum absolute atomic E-state index is 0.0420. The molecule has 1 saturated heterocycles. The SMILES string of the molecule is Cc1ccn(C(=O)C(C)(C)C)c1B1OC(C)(C)C(C)(C)O1. The van der Waals surface area contributed by atoms with Gasteiger partial charge in [0, 0.05) is 11.6 Å². The van der Waals surface area contributed by atoms with Crippen molar-refractivity contribution in [3.05, 3.63) is 17.8 Å². The first-order chi connectivity index (χ1) is 9.37. The minimum Gasteiger partial charge on any atom is -0.398 e. The fourth-order valence-electron chi connectivity index (χ4n) is 2.33. The summed E-state index contributed by atoms with van der Waals surface area (Å²) in [5.74, 6) is 0.0420. The molecule has 0 aliphatic carbocycles. The van der Waals surface area contributed by atoms with Crippen molar-refractivity contribution in [2.45, 2.75) is 66.6 Å². The number of hydrogen-bond donors (Lipinski definition) is 0. The summed E-state index contributed by atoms with van der Waals surface area (Å²) in [4.78, 5) is 12.6. The number of aryl methyl sites for hydroxylation is 1. The maximum absolute atomic E-state index is 12.6. The van der Waals surface area contributed by atoms with E-state index in [4.69, 9.17) is 9.31 Å². The Morgan fingerprint density at radius 3 is 2.05 bits per heavy atom. The monoisotopic (exact) mass is 291 g/mol. The second-order valence-corrected chi connectivity index (χ2v) is 7.90. The molecule has 0 atom stereocenters. The van der Waals surface area contributed by atoms with Gasteiger partial charge < -0.3 is 9.31 Å². The smallest absolute Gasteiger partial charge is 0.398 e. The van der Waals surface area contributed by atoms with Crippen LogP contribution >= 0.6 is 0 Å². The highest BCUT2D eigenvalue weighted by Gasteiger charge is 2.53. The molecule has 2 rings (SSSR count). The first kappa shape index (κ1) is 16.3. The molecule has 2 heterocycles. The van der Waals surface area contributed by atoms with Crippen molar-refractivity contribution >= 4 is 18.6 Å². The van der Waals surface area contributed by atoms with E-state index in [0.717, 1.165) is 11.2 Å². The summed E-state index contributed by atoms with van der Waals surface area (Å²) in [7, 11) is -0.517. The summed E-state index contributed by atoms with van der Waals surface area (Å²) in [6.45, 7) is 15.8. The Labute approximate surface area is 128 Å². The van der Waals surface area contributed by atoms with E-state index in [1.54, 1.807) is 4.57 Å². The lowest BCUT2D eigenvalue weighted by atomic mass is 9.81. The molecule has 0 aromatic carbocycles. The largest absolute Gasteiger partial charge is 0.513 e. The van der Waals surface area contributed by atoms with E-state index in [1.165, 1.54) is 0 Å². The van der Waals surface area contributed by atoms with Crippen molar-refractivity contribution in [2.24, 2.45) is 5.41 Å². The van der Waals surface area contributed by atoms with Crippen LogP contribution in [-0.4, -0.2) is 28.8 Å². The molecule has 0 saturated carbocycles. The average Bonchev–Trinajstić information content (AvgIpc) is 2.75. The quantitative estimate of drug-likeness (QED) is 0.747. The summed E-state index contributed by atoms with van der Waals surface area (Å²) in [6, 6.07) is 1.93. The van der Waals surface area contributed by atoms with Crippen molar-refractivity contribution in [3.8, 4) is 0 Å². The van der Waals surface area contributed by atoms with E-state index >= 15 is 0 Å². The topological polar surface area (TPSA) is 40.5 Å². The van der Waals surface area contributed by atoms with Crippen LogP contribution in [0.15, 0.2) is 12.3 Å². The highest BCUT2D eigenvalue weighted by molar-refractivity contribution is 6.62. The summed E-state index contributed by atoms with van der Waals surface area (Å²) in [5.41, 5.74) is 0.525. The third-order valence-electron chi connectivity index (χ3n) is 4.47. The summed E-state index contributed by atoms with van der Waals surface area (Å²) in [6.07, 6.45) is 1.81. The lowest BCUT2D eigenvalue weighted by Crippen LogP contribution is -2.45. The standard InChI is InChI=1S/C16H26BNO3/c1-11-9-10-18(13(19)14(2,3)4)12(11)17-20-15(5,6)16(7,8)21-17/h9-10H,1-8H3. The molecule has 1 aliphatic heterocycles. The van der Waals surface area contributed by atoms with E-state index < -0.39 is 23.7 Å². The lowest BCUT2D eigenvalue weighted by Gasteiger charge is -2.32. The van der Waals surface area contributed by atoms with Crippen LogP contribution in [-0.2, 0) is 9.31 Å². The van der Waals surface area contributed by atoms with Gasteiger partial charge in [0.25, 0.3) is 0 Å². The first-order valence-electron chi connectivity index (χ1n) is 7.45. The van der Waals surface area contributed by atoms with Crippen molar-refractivity contribution in [1.29, 1.82) is 0 Å². The zero-order valence-corrected chi connectivity index (χ0v) is 14.4. The highest BCUT2D eigenvalue weighted by Crippen LogP contribution is 2.36. The Hall–Kier alpha value is -1.07. The lowest BCUT2D eigenvalue weighted by molar-refractivity contribution is 0.00578. The van der Waals surface area contributed by atoms with E-state index in [0.29, 0.717) is 0 Å². The first-order valence-corrected chi connectivity index (χ1v) is 7.45. The van der Waals surface area contributed by atoms with Gasteiger partial charge in [-0.3, -0.25) is 9.36 Å². The van der Waals surface area contributed by atoms with Gasteiger partial charge in [0.2, 0.25) is 5.91 Å². The van der Waals surface area contributed by atoms with Crippen LogP contribution in [0.1, 0.15) is 58.8 Å². The maximum Gasteiger partial charge on any atom is 0.513 e. The Morgan fingerprint density at radius 2 is 1.62 bits per heavy atom. The van der Waals surface area contributed by atoms with Crippen LogP contribution in [0.3, 0.4) is 0 Å². The van der Waals surface area contributed by atoms with Gasteiger partial charge in [-0.2, -0.15) is 0 Å². The molecule has 1 fully saturated rings. The Kier molecular flexibility index (Phi) is 3.66. The third kappa shape index (κ3) is 2.69. The van der Waals surface area contributed by atoms with E-state index in [9.17, 15) is 4.79 Å². The van der Waals surface area contributed by atoms with Crippen LogP contribution < -0.4 is 5.59 Å². The summed E-state index contributed by atoms with van der Waals surface area (Å²) < 4.78 is 13.9. The Balaban J connectivity index is 2.43. The van der Waals surface area contributed by atoms with Crippen LogP contribution in [0.2, 0.25) is 0 Å². The Morgan fingerprint density at radius 1 is 1.14 bits per heavy atom. The minimum atomic E-state index is -0.517. The van der Waals surface area contributed by atoms with Gasteiger partial charge in [0.05, 0.1) is 16.8 Å². The fraction of sp³-hybridized carbons (Fsp3) is 0.688. The number of carbonyl (C=O) groups is 1. The van der Waals surface area contributed by atoms with Gasteiger partial charge in [-0.15, -0.1) is 0 Å². The number of hydrogen-bond acceptors (Lipinski definition) is 3. The number of aromatic nitrogens is 1. The molecule has 116 valence electrons. The number of carbonyl (C=O) groups excluding carboxylic acids is 1. The fourth-order valence-corrected chi connectivity index (χ4v) is 2.33. The van der Waals surface area contributed by atoms with Crippen molar-refractivity contribution in [3.63, 3.8) is 0 Å². The molecule has 5 heteroatoms. The second-order valence-electron chi connectivity index (χ2n) is 7.90. The van der Waals surface area contributed by atoms with Crippen LogP contribution in [0, 0.1) is 12.3 Å². The number of nitrogens with zero attached hydrogens (tertiary/aromatic N) is 1. The van der Waals surface area contributed by atoms with Gasteiger partial charge in [-0.05, 0) is 46.2 Å². The summed E-state index contributed by atoms with van der Waals surface area (Å²) >= 11 is 0. The predicted molar refractivity (Wildman–Crippen MR) is 85.0 cm³/mol. The van der Waals surface area contributed by atoms with E-state index in [1.807, 2.05) is 67.7 Å². The van der Waals surface area contributed by atoms with Crippen molar-refractivity contribution in [2.75, 3.05) is 0 Å². The zero-order valence-electron chi connectivity index (χ0n) is 14.4. The van der Waals surface area contributed by atoms with Gasteiger partial charge in [-0.25, -0.2) is 0 Å². The second kappa shape index (κ2) is 4.72. The normalized spacial score (nSPS) is 20.9. The van der Waals surface area contributed by atoms with Crippen molar-refractivity contribution in [1.82, 2.24) is 4.57 Å². The molecule has 1 aromatic rings. The van der Waals surface area contributed by atoms with Gasteiger partial charge in [0.1, 0.15) is 0 Å². The van der Waals surface area contributed by atoms with Gasteiger partial charge in [-0.1, -0.05) is 20.8 Å². The van der Waals surface area contributed by atoms with E-state index in [2.05, 4.69) is 0 Å². The third-order valence-corrected chi connectivity index (χ3v) is 4.47. The molecule has 0 bridgehead atoms. The maximum atomic E-state index is 12.6. The van der Waals surface area contributed by atoms with Gasteiger partial charge >= 0.3 is 7.12 Å². The zero-order chi connectivity index (χ0) is 16.2. The van der Waals surface area contributed by atoms with Crippen LogP contribution in [0.25, 0.3) is 0 Å². The molecule has 0 radical (unpaired) electrons. The van der Waals surface area contributed by atoms with E-state index in [-0.39, 0.29) is 5.91 Å². The van der Waals surface area contributed by atoms with Crippen LogP contribution in [0.5, 0.6) is 0 Å². The molecule has 0 amide bonds. The molecule has 0 unspecified atom stereocenters. The average molecular weight is 291 g/mol. The molecular formula is C16H26BNO3.